The number of rotatable bonds is 17. The molecular weight excluding hydrogens is 398 g/mol. The van der Waals surface area contributed by atoms with Gasteiger partial charge >= 0.3 is 5.97 Å². The van der Waals surface area contributed by atoms with Gasteiger partial charge in [0.15, 0.2) is 5.78 Å². The lowest BCUT2D eigenvalue weighted by Gasteiger charge is -2.32. The van der Waals surface area contributed by atoms with E-state index in [1.807, 2.05) is 13.8 Å². The topological polar surface area (TPSA) is 118 Å². The van der Waals surface area contributed by atoms with Crippen LogP contribution in [0.25, 0.3) is 0 Å². The van der Waals surface area contributed by atoms with Crippen molar-refractivity contribution in [2.75, 3.05) is 46.2 Å². The van der Waals surface area contributed by atoms with Gasteiger partial charge in [-0.1, -0.05) is 6.58 Å². The van der Waals surface area contributed by atoms with Gasteiger partial charge in [0.2, 0.25) is 0 Å². The van der Waals surface area contributed by atoms with E-state index in [-0.39, 0.29) is 51.3 Å². The van der Waals surface area contributed by atoms with Crippen LogP contribution in [0.4, 0.5) is 0 Å². The minimum atomic E-state index is -0.826. The minimum Gasteiger partial charge on any atom is -0.501 e. The SMILES string of the molecule is C=COCC(COCC)(COCC)COCC(=O)CCC(=O)ON1C(=O)CCC1=O. The second-order valence-electron chi connectivity index (χ2n) is 6.83. The number of imide groups is 1. The van der Waals surface area contributed by atoms with Crippen LogP contribution < -0.4 is 0 Å². The summed E-state index contributed by atoms with van der Waals surface area (Å²) in [7, 11) is 0. The number of ketones is 1. The van der Waals surface area contributed by atoms with Gasteiger partial charge in [-0.3, -0.25) is 14.4 Å². The van der Waals surface area contributed by atoms with Crippen LogP contribution in [0.3, 0.4) is 0 Å². The smallest absolute Gasteiger partial charge is 0.333 e. The number of ether oxygens (including phenoxy) is 4. The monoisotopic (exact) mass is 429 g/mol. The molecule has 0 bridgehead atoms. The Bertz CT molecular complexity index is 581. The molecule has 0 aromatic heterocycles. The van der Waals surface area contributed by atoms with Crippen LogP contribution in [0, 0.1) is 5.41 Å². The number of hydroxylamine groups is 2. The zero-order valence-electron chi connectivity index (χ0n) is 17.7. The van der Waals surface area contributed by atoms with Crippen molar-refractivity contribution in [2.24, 2.45) is 5.41 Å². The molecule has 1 fully saturated rings. The van der Waals surface area contributed by atoms with E-state index >= 15 is 0 Å². The lowest BCUT2D eigenvalue weighted by molar-refractivity contribution is -0.197. The molecule has 0 aromatic rings. The molecule has 10 heteroatoms. The largest absolute Gasteiger partial charge is 0.501 e. The Kier molecular flexibility index (Phi) is 11.9. The number of carbonyl (C=O) groups is 4. The summed E-state index contributed by atoms with van der Waals surface area (Å²) >= 11 is 0. The predicted octanol–water partition coefficient (Wildman–Crippen LogP) is 1.18. The Labute approximate surface area is 176 Å². The normalized spacial score (nSPS) is 14.1. The van der Waals surface area contributed by atoms with Crippen LogP contribution in [-0.2, 0) is 43.0 Å². The van der Waals surface area contributed by atoms with Gasteiger partial charge in [0.05, 0.1) is 44.5 Å². The van der Waals surface area contributed by atoms with Crippen molar-refractivity contribution in [1.29, 1.82) is 0 Å². The molecule has 0 radical (unpaired) electrons. The highest BCUT2D eigenvalue weighted by Gasteiger charge is 2.34. The lowest BCUT2D eigenvalue weighted by atomic mass is 9.92. The van der Waals surface area contributed by atoms with Crippen molar-refractivity contribution in [1.82, 2.24) is 5.06 Å². The highest BCUT2D eigenvalue weighted by atomic mass is 16.7. The third-order valence-electron chi connectivity index (χ3n) is 4.21. The first-order valence-electron chi connectivity index (χ1n) is 9.91. The number of Topliss-reactive ketones (excluding diaryl/α,β-unsaturated/α-hetero) is 1. The highest BCUT2D eigenvalue weighted by molar-refractivity contribution is 6.01. The molecule has 0 spiro atoms. The van der Waals surface area contributed by atoms with E-state index in [1.165, 1.54) is 6.26 Å². The third-order valence-corrected chi connectivity index (χ3v) is 4.21. The van der Waals surface area contributed by atoms with Crippen LogP contribution >= 0.6 is 0 Å². The van der Waals surface area contributed by atoms with Crippen molar-refractivity contribution < 1.29 is 43.0 Å². The molecule has 30 heavy (non-hydrogen) atoms. The molecular formula is C20H31NO9. The fraction of sp³-hybridized carbons (Fsp3) is 0.700. The van der Waals surface area contributed by atoms with Crippen LogP contribution in [0.1, 0.15) is 39.5 Å². The summed E-state index contributed by atoms with van der Waals surface area (Å²) in [6.45, 7) is 9.08. The fourth-order valence-electron chi connectivity index (χ4n) is 2.62. The maximum Gasteiger partial charge on any atom is 0.333 e. The second-order valence-corrected chi connectivity index (χ2v) is 6.83. The first kappa shape index (κ1) is 25.7. The molecule has 0 saturated carbocycles. The Morgan fingerprint density at radius 1 is 0.967 bits per heavy atom. The molecule has 0 aliphatic carbocycles. The first-order valence-corrected chi connectivity index (χ1v) is 9.91. The van der Waals surface area contributed by atoms with Gasteiger partial charge in [0.1, 0.15) is 6.61 Å². The number of carbonyl (C=O) groups excluding carboxylic acids is 4. The molecule has 0 aromatic carbocycles. The van der Waals surface area contributed by atoms with Crippen molar-refractivity contribution >= 4 is 23.6 Å². The van der Waals surface area contributed by atoms with Crippen molar-refractivity contribution in [3.8, 4) is 0 Å². The molecule has 2 amide bonds. The van der Waals surface area contributed by atoms with Crippen molar-refractivity contribution in [3.63, 3.8) is 0 Å². The fourth-order valence-corrected chi connectivity index (χ4v) is 2.62. The summed E-state index contributed by atoms with van der Waals surface area (Å²) < 4.78 is 21.9. The summed E-state index contributed by atoms with van der Waals surface area (Å²) in [5, 5.41) is 0.457. The molecule has 1 rings (SSSR count). The number of hydrogen-bond donors (Lipinski definition) is 0. The average molecular weight is 429 g/mol. The molecule has 0 atom stereocenters. The van der Waals surface area contributed by atoms with E-state index < -0.39 is 23.2 Å². The molecule has 1 heterocycles. The third kappa shape index (κ3) is 9.02. The number of hydrogen-bond acceptors (Lipinski definition) is 9. The zero-order chi connectivity index (χ0) is 22.4. The maximum absolute atomic E-state index is 12.1. The molecule has 10 nitrogen and oxygen atoms in total. The standard InChI is InChI=1S/C20H31NO9/c1-4-26-12-20(13-27-5-2,14-28-6-3)15-29-11-16(22)7-10-19(25)30-21-17(23)8-9-18(21)24/h4H,1,5-15H2,2-3H3. The number of nitrogens with zero attached hydrogens (tertiary/aromatic N) is 1. The van der Waals surface area contributed by atoms with Crippen molar-refractivity contribution in [2.45, 2.75) is 39.5 Å². The van der Waals surface area contributed by atoms with E-state index in [0.29, 0.717) is 31.5 Å². The van der Waals surface area contributed by atoms with Crippen LogP contribution in [0.2, 0.25) is 0 Å². The number of amides is 2. The van der Waals surface area contributed by atoms with Gasteiger partial charge in [0, 0.05) is 32.5 Å². The van der Waals surface area contributed by atoms with Gasteiger partial charge in [-0.25, -0.2) is 4.79 Å². The van der Waals surface area contributed by atoms with E-state index in [4.69, 9.17) is 23.8 Å². The van der Waals surface area contributed by atoms with Gasteiger partial charge in [-0.05, 0) is 13.8 Å². The van der Waals surface area contributed by atoms with Gasteiger partial charge in [-0.2, -0.15) is 0 Å². The quantitative estimate of drug-likeness (QED) is 0.248. The lowest BCUT2D eigenvalue weighted by Crippen LogP contribution is -2.41. The van der Waals surface area contributed by atoms with E-state index in [9.17, 15) is 19.2 Å². The molecule has 0 unspecified atom stereocenters. The summed E-state index contributed by atoms with van der Waals surface area (Å²) in [5.41, 5.74) is -0.615. The summed E-state index contributed by atoms with van der Waals surface area (Å²) in [5.74, 6) is -2.28. The van der Waals surface area contributed by atoms with Crippen LogP contribution in [0.15, 0.2) is 12.8 Å². The minimum absolute atomic E-state index is 0.0136. The Hall–Kier alpha value is -2.30. The van der Waals surface area contributed by atoms with Gasteiger partial charge in [0.25, 0.3) is 11.8 Å². The highest BCUT2D eigenvalue weighted by Crippen LogP contribution is 2.21. The first-order chi connectivity index (χ1) is 14.4. The molecule has 170 valence electrons. The molecule has 0 N–H and O–H groups in total. The second kappa shape index (κ2) is 13.8. The average Bonchev–Trinajstić information content (AvgIpc) is 3.05. The van der Waals surface area contributed by atoms with Crippen molar-refractivity contribution in [3.05, 3.63) is 12.8 Å². The van der Waals surface area contributed by atoms with E-state index in [0.717, 1.165) is 0 Å². The van der Waals surface area contributed by atoms with Crippen LogP contribution in [-0.4, -0.2) is 74.9 Å². The van der Waals surface area contributed by atoms with Gasteiger partial charge < -0.3 is 23.8 Å². The Morgan fingerprint density at radius 3 is 2.07 bits per heavy atom. The molecule has 1 aliphatic heterocycles. The van der Waals surface area contributed by atoms with Crippen LogP contribution in [0.5, 0.6) is 0 Å². The van der Waals surface area contributed by atoms with E-state index in [1.54, 1.807) is 0 Å². The van der Waals surface area contributed by atoms with Gasteiger partial charge in [-0.15, -0.1) is 5.06 Å². The Balaban J connectivity index is 2.45. The van der Waals surface area contributed by atoms with E-state index in [2.05, 4.69) is 6.58 Å². The summed E-state index contributed by atoms with van der Waals surface area (Å²) in [4.78, 5) is 51.4. The summed E-state index contributed by atoms with van der Waals surface area (Å²) in [6, 6.07) is 0. The summed E-state index contributed by atoms with van der Waals surface area (Å²) in [6.07, 6.45) is 0.947. The maximum atomic E-state index is 12.1. The Morgan fingerprint density at radius 2 is 1.53 bits per heavy atom. The predicted molar refractivity (Wildman–Crippen MR) is 104 cm³/mol. The molecule has 1 aliphatic rings. The molecule has 1 saturated heterocycles. The zero-order valence-corrected chi connectivity index (χ0v) is 17.7.